The fourth-order valence-corrected chi connectivity index (χ4v) is 2.88. The molecule has 1 aromatic rings. The molecule has 0 aliphatic carbocycles. The molecule has 2 rings (SSSR count). The minimum atomic E-state index is 0.292. The normalized spacial score (nSPS) is 20.4. The molecule has 0 spiro atoms. The van der Waals surface area contributed by atoms with Gasteiger partial charge in [0.1, 0.15) is 5.75 Å². The van der Waals surface area contributed by atoms with Crippen molar-refractivity contribution in [2.75, 3.05) is 19.8 Å². The zero-order chi connectivity index (χ0) is 13.5. The van der Waals surface area contributed by atoms with Crippen molar-refractivity contribution in [3.8, 4) is 5.75 Å². The molecule has 1 N–H and O–H groups in total. The SMILES string of the molecule is CCOc1cccc(CN2CCCCC2CCO)c1. The number of nitrogens with zero attached hydrogens (tertiary/aromatic N) is 1. The topological polar surface area (TPSA) is 32.7 Å². The van der Waals surface area contributed by atoms with Gasteiger partial charge in [0.25, 0.3) is 0 Å². The Kier molecular flexibility index (Phi) is 5.67. The van der Waals surface area contributed by atoms with Crippen LogP contribution in [0.4, 0.5) is 0 Å². The molecule has 0 radical (unpaired) electrons. The van der Waals surface area contributed by atoms with E-state index in [1.165, 1.54) is 24.8 Å². The van der Waals surface area contributed by atoms with E-state index in [1.54, 1.807) is 0 Å². The van der Waals surface area contributed by atoms with Crippen molar-refractivity contribution in [1.29, 1.82) is 0 Å². The summed E-state index contributed by atoms with van der Waals surface area (Å²) >= 11 is 0. The molecule has 1 aliphatic rings. The third-order valence-corrected chi connectivity index (χ3v) is 3.81. The van der Waals surface area contributed by atoms with E-state index in [-0.39, 0.29) is 0 Å². The highest BCUT2D eigenvalue weighted by Crippen LogP contribution is 2.23. The highest BCUT2D eigenvalue weighted by molar-refractivity contribution is 5.28. The number of aliphatic hydroxyl groups excluding tert-OH is 1. The van der Waals surface area contributed by atoms with Gasteiger partial charge < -0.3 is 9.84 Å². The first-order chi connectivity index (χ1) is 9.33. The van der Waals surface area contributed by atoms with Gasteiger partial charge in [0, 0.05) is 19.2 Å². The Morgan fingerprint density at radius 3 is 3.05 bits per heavy atom. The lowest BCUT2D eigenvalue weighted by atomic mass is 9.99. The zero-order valence-electron chi connectivity index (χ0n) is 11.8. The molecular formula is C16H25NO2. The fraction of sp³-hybridized carbons (Fsp3) is 0.625. The van der Waals surface area contributed by atoms with Crippen LogP contribution >= 0.6 is 0 Å². The van der Waals surface area contributed by atoms with Gasteiger partial charge in [0.2, 0.25) is 0 Å². The summed E-state index contributed by atoms with van der Waals surface area (Å²) in [5, 5.41) is 9.17. The van der Waals surface area contributed by atoms with Crippen LogP contribution in [0, 0.1) is 0 Å². The first-order valence-electron chi connectivity index (χ1n) is 7.40. The number of ether oxygens (including phenoxy) is 1. The smallest absolute Gasteiger partial charge is 0.119 e. The molecule has 106 valence electrons. The van der Waals surface area contributed by atoms with Crippen molar-refractivity contribution >= 4 is 0 Å². The van der Waals surface area contributed by atoms with E-state index in [0.29, 0.717) is 19.3 Å². The van der Waals surface area contributed by atoms with E-state index < -0.39 is 0 Å². The van der Waals surface area contributed by atoms with Gasteiger partial charge in [-0.05, 0) is 50.4 Å². The van der Waals surface area contributed by atoms with Crippen LogP contribution in [-0.2, 0) is 6.54 Å². The first kappa shape index (κ1) is 14.4. The zero-order valence-corrected chi connectivity index (χ0v) is 11.8. The molecule has 0 bridgehead atoms. The van der Waals surface area contributed by atoms with Crippen LogP contribution < -0.4 is 4.74 Å². The molecular weight excluding hydrogens is 238 g/mol. The number of aliphatic hydroxyl groups is 1. The summed E-state index contributed by atoms with van der Waals surface area (Å²) < 4.78 is 5.55. The lowest BCUT2D eigenvalue weighted by Gasteiger charge is -2.35. The van der Waals surface area contributed by atoms with Crippen LogP contribution in [0.2, 0.25) is 0 Å². The van der Waals surface area contributed by atoms with Crippen LogP contribution in [0.25, 0.3) is 0 Å². The summed E-state index contributed by atoms with van der Waals surface area (Å²) in [6, 6.07) is 8.90. The van der Waals surface area contributed by atoms with Gasteiger partial charge in [0.05, 0.1) is 6.61 Å². The Morgan fingerprint density at radius 1 is 1.37 bits per heavy atom. The molecule has 1 atom stereocenters. The second-order valence-electron chi connectivity index (χ2n) is 5.21. The number of rotatable bonds is 6. The molecule has 19 heavy (non-hydrogen) atoms. The van der Waals surface area contributed by atoms with Crippen molar-refractivity contribution in [2.24, 2.45) is 0 Å². The summed E-state index contributed by atoms with van der Waals surface area (Å²) in [5.41, 5.74) is 1.30. The Bertz CT molecular complexity index is 379. The number of hydrogen-bond donors (Lipinski definition) is 1. The average Bonchev–Trinajstić information content (AvgIpc) is 2.42. The monoisotopic (exact) mass is 263 g/mol. The lowest BCUT2D eigenvalue weighted by molar-refractivity contribution is 0.112. The van der Waals surface area contributed by atoms with Crippen LogP contribution in [0.15, 0.2) is 24.3 Å². The Hall–Kier alpha value is -1.06. The molecule has 1 aliphatic heterocycles. The van der Waals surface area contributed by atoms with Crippen LogP contribution in [-0.4, -0.2) is 35.8 Å². The van der Waals surface area contributed by atoms with Crippen LogP contribution in [0.1, 0.15) is 38.2 Å². The molecule has 1 saturated heterocycles. The van der Waals surface area contributed by atoms with Gasteiger partial charge in [-0.15, -0.1) is 0 Å². The maximum absolute atomic E-state index is 9.17. The molecule has 0 amide bonds. The third kappa shape index (κ3) is 4.22. The van der Waals surface area contributed by atoms with Crippen molar-refractivity contribution in [3.63, 3.8) is 0 Å². The summed E-state index contributed by atoms with van der Waals surface area (Å²) in [5.74, 6) is 0.954. The van der Waals surface area contributed by atoms with Crippen LogP contribution in [0.3, 0.4) is 0 Å². The predicted octanol–water partition coefficient (Wildman–Crippen LogP) is 2.82. The van der Waals surface area contributed by atoms with Crippen molar-refractivity contribution < 1.29 is 9.84 Å². The molecule has 1 unspecified atom stereocenters. The quantitative estimate of drug-likeness (QED) is 0.856. The summed E-state index contributed by atoms with van der Waals surface area (Å²) in [4.78, 5) is 2.50. The highest BCUT2D eigenvalue weighted by Gasteiger charge is 2.21. The first-order valence-corrected chi connectivity index (χ1v) is 7.40. The highest BCUT2D eigenvalue weighted by atomic mass is 16.5. The number of benzene rings is 1. The van der Waals surface area contributed by atoms with Crippen molar-refractivity contribution in [3.05, 3.63) is 29.8 Å². The van der Waals surface area contributed by atoms with Gasteiger partial charge in [-0.1, -0.05) is 18.6 Å². The van der Waals surface area contributed by atoms with Gasteiger partial charge in [-0.2, -0.15) is 0 Å². The van der Waals surface area contributed by atoms with Gasteiger partial charge in [-0.3, -0.25) is 4.90 Å². The number of piperidine rings is 1. The number of hydrogen-bond acceptors (Lipinski definition) is 3. The molecule has 1 aromatic carbocycles. The van der Waals surface area contributed by atoms with Gasteiger partial charge >= 0.3 is 0 Å². The molecule has 3 heteroatoms. The Morgan fingerprint density at radius 2 is 2.26 bits per heavy atom. The largest absolute Gasteiger partial charge is 0.494 e. The number of likely N-dealkylation sites (tertiary alicyclic amines) is 1. The maximum Gasteiger partial charge on any atom is 0.119 e. The van der Waals surface area contributed by atoms with Crippen LogP contribution in [0.5, 0.6) is 5.75 Å². The second kappa shape index (κ2) is 7.51. The molecule has 3 nitrogen and oxygen atoms in total. The van der Waals surface area contributed by atoms with E-state index in [1.807, 2.05) is 13.0 Å². The lowest BCUT2D eigenvalue weighted by Crippen LogP contribution is -2.39. The molecule has 0 saturated carbocycles. The van der Waals surface area contributed by atoms with Crippen molar-refractivity contribution in [2.45, 2.75) is 45.2 Å². The molecule has 1 heterocycles. The van der Waals surface area contributed by atoms with E-state index in [9.17, 15) is 0 Å². The summed E-state index contributed by atoms with van der Waals surface area (Å²) in [7, 11) is 0. The standard InChI is InChI=1S/C16H25NO2/c1-2-19-16-8-5-6-14(12-16)13-17-10-4-3-7-15(17)9-11-18/h5-6,8,12,15,18H,2-4,7,9-11,13H2,1H3. The Labute approximate surface area is 116 Å². The summed E-state index contributed by atoms with van der Waals surface area (Å²) in [6.07, 6.45) is 4.67. The van der Waals surface area contributed by atoms with Gasteiger partial charge in [0.15, 0.2) is 0 Å². The van der Waals surface area contributed by atoms with E-state index in [2.05, 4.69) is 23.1 Å². The van der Waals surface area contributed by atoms with E-state index in [4.69, 9.17) is 9.84 Å². The molecule has 0 aromatic heterocycles. The van der Waals surface area contributed by atoms with Crippen molar-refractivity contribution in [1.82, 2.24) is 4.90 Å². The Balaban J connectivity index is 1.99. The minimum absolute atomic E-state index is 0.292. The predicted molar refractivity (Wildman–Crippen MR) is 77.4 cm³/mol. The summed E-state index contributed by atoms with van der Waals surface area (Å²) in [6.45, 7) is 5.12. The fourth-order valence-electron chi connectivity index (χ4n) is 2.88. The van der Waals surface area contributed by atoms with Gasteiger partial charge in [-0.25, -0.2) is 0 Å². The maximum atomic E-state index is 9.17. The second-order valence-corrected chi connectivity index (χ2v) is 5.21. The average molecular weight is 263 g/mol. The third-order valence-electron chi connectivity index (χ3n) is 3.81. The molecule has 1 fully saturated rings. The van der Waals surface area contributed by atoms with E-state index in [0.717, 1.165) is 25.3 Å². The minimum Gasteiger partial charge on any atom is -0.494 e. The van der Waals surface area contributed by atoms with E-state index >= 15 is 0 Å².